The Bertz CT molecular complexity index is 523. The Hall–Kier alpha value is -1.58. The quantitative estimate of drug-likeness (QED) is 0.773. The van der Waals surface area contributed by atoms with Crippen molar-refractivity contribution in [3.05, 3.63) is 71.8 Å². The second-order valence-electron chi connectivity index (χ2n) is 4.71. The SMILES string of the molecule is CC(C)OC(C(=O)c1ccccc1)c1ccccc1.S. The first-order chi connectivity index (χ1) is 9.18. The molecule has 2 rings (SSSR count). The summed E-state index contributed by atoms with van der Waals surface area (Å²) in [5, 5.41) is 0. The van der Waals surface area contributed by atoms with Gasteiger partial charge in [0.25, 0.3) is 0 Å². The van der Waals surface area contributed by atoms with E-state index in [4.69, 9.17) is 4.74 Å². The van der Waals surface area contributed by atoms with Gasteiger partial charge in [0.2, 0.25) is 0 Å². The van der Waals surface area contributed by atoms with E-state index in [1.54, 1.807) is 0 Å². The molecule has 0 aromatic heterocycles. The van der Waals surface area contributed by atoms with Gasteiger partial charge in [-0.2, -0.15) is 13.5 Å². The molecule has 0 aliphatic heterocycles. The molecule has 1 atom stereocenters. The van der Waals surface area contributed by atoms with E-state index in [0.29, 0.717) is 5.56 Å². The monoisotopic (exact) mass is 288 g/mol. The van der Waals surface area contributed by atoms with Crippen molar-refractivity contribution in [2.24, 2.45) is 0 Å². The average Bonchev–Trinajstić information content (AvgIpc) is 2.46. The number of carbonyl (C=O) groups is 1. The molecule has 0 saturated heterocycles. The molecule has 2 nitrogen and oxygen atoms in total. The number of ketones is 1. The molecule has 0 heterocycles. The van der Waals surface area contributed by atoms with Crippen LogP contribution in [0.3, 0.4) is 0 Å². The maximum absolute atomic E-state index is 12.6. The predicted molar refractivity (Wildman–Crippen MR) is 86.6 cm³/mol. The van der Waals surface area contributed by atoms with E-state index in [-0.39, 0.29) is 25.4 Å². The molecule has 2 aromatic rings. The molecule has 0 N–H and O–H groups in total. The Balaban J connectivity index is 0.00000200. The summed E-state index contributed by atoms with van der Waals surface area (Å²) in [7, 11) is 0. The number of hydrogen-bond acceptors (Lipinski definition) is 2. The third kappa shape index (κ3) is 4.22. The number of ether oxygens (including phenoxy) is 1. The van der Waals surface area contributed by atoms with E-state index < -0.39 is 6.10 Å². The second-order valence-corrected chi connectivity index (χ2v) is 4.71. The van der Waals surface area contributed by atoms with Crippen molar-refractivity contribution in [1.29, 1.82) is 0 Å². The lowest BCUT2D eigenvalue weighted by molar-refractivity contribution is 0.0114. The van der Waals surface area contributed by atoms with E-state index in [1.165, 1.54) is 0 Å². The first kappa shape index (κ1) is 16.5. The lowest BCUT2D eigenvalue weighted by Gasteiger charge is -2.19. The van der Waals surface area contributed by atoms with Gasteiger partial charge in [0, 0.05) is 5.56 Å². The third-order valence-corrected chi connectivity index (χ3v) is 2.81. The lowest BCUT2D eigenvalue weighted by atomic mass is 9.99. The van der Waals surface area contributed by atoms with Gasteiger partial charge in [0.15, 0.2) is 5.78 Å². The highest BCUT2D eigenvalue weighted by molar-refractivity contribution is 7.59. The van der Waals surface area contributed by atoms with Crippen LogP contribution in [-0.4, -0.2) is 11.9 Å². The van der Waals surface area contributed by atoms with Crippen molar-refractivity contribution in [3.63, 3.8) is 0 Å². The van der Waals surface area contributed by atoms with Crippen LogP contribution in [0.15, 0.2) is 60.7 Å². The van der Waals surface area contributed by atoms with Gasteiger partial charge in [-0.1, -0.05) is 60.7 Å². The molecule has 0 amide bonds. The minimum atomic E-state index is -0.538. The maximum Gasteiger partial charge on any atom is 0.196 e. The molecule has 0 fully saturated rings. The van der Waals surface area contributed by atoms with Crippen LogP contribution in [0.4, 0.5) is 0 Å². The van der Waals surface area contributed by atoms with Gasteiger partial charge in [-0.3, -0.25) is 4.79 Å². The molecule has 0 bridgehead atoms. The van der Waals surface area contributed by atoms with E-state index >= 15 is 0 Å². The highest BCUT2D eigenvalue weighted by Gasteiger charge is 2.23. The van der Waals surface area contributed by atoms with Gasteiger partial charge in [-0.25, -0.2) is 0 Å². The van der Waals surface area contributed by atoms with E-state index in [2.05, 4.69) is 0 Å². The summed E-state index contributed by atoms with van der Waals surface area (Å²) in [5.74, 6) is 0.000463. The van der Waals surface area contributed by atoms with Crippen molar-refractivity contribution in [2.45, 2.75) is 26.1 Å². The van der Waals surface area contributed by atoms with Gasteiger partial charge in [0.05, 0.1) is 6.10 Å². The van der Waals surface area contributed by atoms with E-state index in [1.807, 2.05) is 74.5 Å². The topological polar surface area (TPSA) is 26.3 Å². The average molecular weight is 288 g/mol. The van der Waals surface area contributed by atoms with Crippen LogP contribution in [0.1, 0.15) is 35.9 Å². The minimum Gasteiger partial charge on any atom is -0.363 e. The zero-order valence-electron chi connectivity index (χ0n) is 11.7. The molecule has 0 aliphatic rings. The molecule has 2 aromatic carbocycles. The molecule has 106 valence electrons. The van der Waals surface area contributed by atoms with Gasteiger partial charge < -0.3 is 4.74 Å². The Morgan fingerprint density at radius 3 is 1.90 bits per heavy atom. The summed E-state index contributed by atoms with van der Waals surface area (Å²) in [6, 6.07) is 18.9. The first-order valence-corrected chi connectivity index (χ1v) is 6.48. The van der Waals surface area contributed by atoms with E-state index in [0.717, 1.165) is 5.56 Å². The summed E-state index contributed by atoms with van der Waals surface area (Å²) >= 11 is 0. The summed E-state index contributed by atoms with van der Waals surface area (Å²) in [5.41, 5.74) is 1.57. The normalized spacial score (nSPS) is 11.8. The number of carbonyl (C=O) groups excluding carboxylic acids is 1. The fourth-order valence-electron chi connectivity index (χ4n) is 1.95. The second kappa shape index (κ2) is 7.88. The number of Topliss-reactive ketones (excluding diaryl/α,β-unsaturated/α-hetero) is 1. The van der Waals surface area contributed by atoms with Crippen molar-refractivity contribution in [2.75, 3.05) is 0 Å². The molecular formula is C17H20O2S. The van der Waals surface area contributed by atoms with Crippen molar-refractivity contribution in [3.8, 4) is 0 Å². The van der Waals surface area contributed by atoms with Crippen LogP contribution in [0, 0.1) is 0 Å². The zero-order valence-corrected chi connectivity index (χ0v) is 12.7. The molecular weight excluding hydrogens is 268 g/mol. The lowest BCUT2D eigenvalue weighted by Crippen LogP contribution is -2.19. The van der Waals surface area contributed by atoms with Crippen molar-refractivity contribution < 1.29 is 9.53 Å². The molecule has 0 radical (unpaired) electrons. The van der Waals surface area contributed by atoms with Crippen LogP contribution in [0.25, 0.3) is 0 Å². The number of rotatable bonds is 5. The zero-order chi connectivity index (χ0) is 13.7. The maximum atomic E-state index is 12.6. The largest absolute Gasteiger partial charge is 0.363 e. The molecule has 0 saturated carbocycles. The molecule has 0 spiro atoms. The highest BCUT2D eigenvalue weighted by Crippen LogP contribution is 2.23. The Kier molecular flexibility index (Phi) is 6.49. The van der Waals surface area contributed by atoms with Gasteiger partial charge in [0.1, 0.15) is 6.10 Å². The standard InChI is InChI=1S/C17H18O2.H2S/c1-13(2)19-17(15-11-7-4-8-12-15)16(18)14-9-5-3-6-10-14;/h3-13,17H,1-2H3;1H2. The molecule has 3 heteroatoms. The third-order valence-electron chi connectivity index (χ3n) is 2.81. The first-order valence-electron chi connectivity index (χ1n) is 6.48. The Morgan fingerprint density at radius 1 is 0.900 bits per heavy atom. The smallest absolute Gasteiger partial charge is 0.196 e. The van der Waals surface area contributed by atoms with Crippen LogP contribution >= 0.6 is 13.5 Å². The fraction of sp³-hybridized carbons (Fsp3) is 0.235. The van der Waals surface area contributed by atoms with Crippen molar-refractivity contribution in [1.82, 2.24) is 0 Å². The number of hydrogen-bond donors (Lipinski definition) is 0. The number of benzene rings is 2. The molecule has 20 heavy (non-hydrogen) atoms. The summed E-state index contributed by atoms with van der Waals surface area (Å²) < 4.78 is 5.80. The van der Waals surface area contributed by atoms with Crippen molar-refractivity contribution >= 4 is 19.3 Å². The van der Waals surface area contributed by atoms with Crippen LogP contribution in [0.5, 0.6) is 0 Å². The Labute approximate surface area is 127 Å². The van der Waals surface area contributed by atoms with Gasteiger partial charge in [-0.05, 0) is 19.4 Å². The molecule has 0 aliphatic carbocycles. The van der Waals surface area contributed by atoms with E-state index in [9.17, 15) is 4.79 Å². The summed E-state index contributed by atoms with van der Waals surface area (Å²) in [4.78, 5) is 12.6. The fourth-order valence-corrected chi connectivity index (χ4v) is 1.95. The highest BCUT2D eigenvalue weighted by atomic mass is 32.1. The predicted octanol–water partition coefficient (Wildman–Crippen LogP) is 4.15. The van der Waals surface area contributed by atoms with Gasteiger partial charge >= 0.3 is 0 Å². The summed E-state index contributed by atoms with van der Waals surface area (Å²) in [6.07, 6.45) is -0.540. The van der Waals surface area contributed by atoms with Crippen LogP contribution < -0.4 is 0 Å². The Morgan fingerprint density at radius 2 is 1.40 bits per heavy atom. The summed E-state index contributed by atoms with van der Waals surface area (Å²) in [6.45, 7) is 3.88. The van der Waals surface area contributed by atoms with Crippen LogP contribution in [-0.2, 0) is 4.74 Å². The van der Waals surface area contributed by atoms with Gasteiger partial charge in [-0.15, -0.1) is 0 Å². The minimum absolute atomic E-state index is 0. The van der Waals surface area contributed by atoms with Crippen LogP contribution in [0.2, 0.25) is 0 Å². The molecule has 1 unspecified atom stereocenters.